The van der Waals surface area contributed by atoms with E-state index in [1.807, 2.05) is 30.3 Å². The van der Waals surface area contributed by atoms with Gasteiger partial charge in [-0.2, -0.15) is 5.26 Å². The van der Waals surface area contributed by atoms with Gasteiger partial charge in [0.1, 0.15) is 17.5 Å². The molecule has 102 valence electrons. The fourth-order valence-electron chi connectivity index (χ4n) is 2.35. The summed E-state index contributed by atoms with van der Waals surface area (Å²) in [5, 5.41) is 10.3. The first kappa shape index (κ1) is 12.9. The smallest absolute Gasteiger partial charge is 0.261 e. The lowest BCUT2D eigenvalue weighted by Crippen LogP contribution is -2.25. The van der Waals surface area contributed by atoms with Crippen LogP contribution in [0.25, 0.3) is 10.8 Å². The van der Waals surface area contributed by atoms with Gasteiger partial charge in [-0.25, -0.2) is 0 Å². The molecule has 2 aromatic heterocycles. The topological polar surface area (TPSA) is 84.7 Å². The summed E-state index contributed by atoms with van der Waals surface area (Å²) >= 11 is 0. The molecule has 0 bridgehead atoms. The van der Waals surface area contributed by atoms with E-state index in [4.69, 9.17) is 5.73 Å². The van der Waals surface area contributed by atoms with E-state index in [1.165, 1.54) is 10.8 Å². The second kappa shape index (κ2) is 5.10. The lowest BCUT2D eigenvalue weighted by molar-refractivity contribution is 0.778. The van der Waals surface area contributed by atoms with E-state index in [0.29, 0.717) is 22.9 Å². The summed E-state index contributed by atoms with van der Waals surface area (Å²) in [4.78, 5) is 16.5. The van der Waals surface area contributed by atoms with Gasteiger partial charge in [0.05, 0.1) is 11.9 Å². The van der Waals surface area contributed by atoms with Crippen molar-refractivity contribution >= 4 is 16.6 Å². The van der Waals surface area contributed by atoms with Crippen LogP contribution in [-0.2, 0) is 6.54 Å². The maximum atomic E-state index is 12.6. The number of hydrogen-bond acceptors (Lipinski definition) is 4. The van der Waals surface area contributed by atoms with Gasteiger partial charge in [-0.15, -0.1) is 0 Å². The van der Waals surface area contributed by atoms with Crippen molar-refractivity contribution in [2.75, 3.05) is 5.73 Å². The first-order chi connectivity index (χ1) is 10.2. The maximum absolute atomic E-state index is 12.6. The predicted octanol–water partition coefficient (Wildman–Crippen LogP) is 1.90. The molecule has 0 radical (unpaired) electrons. The molecule has 0 aliphatic rings. The molecule has 0 fully saturated rings. The first-order valence-electron chi connectivity index (χ1n) is 6.42. The predicted molar refractivity (Wildman–Crippen MR) is 80.7 cm³/mol. The normalized spacial score (nSPS) is 10.4. The van der Waals surface area contributed by atoms with Gasteiger partial charge >= 0.3 is 0 Å². The molecule has 0 aliphatic heterocycles. The van der Waals surface area contributed by atoms with E-state index in [-0.39, 0.29) is 11.4 Å². The SMILES string of the molecule is N#Cc1c(N)n(Cc2ccccc2)c(=O)c2cnccc12. The number of nitriles is 1. The van der Waals surface area contributed by atoms with Crippen LogP contribution in [0.2, 0.25) is 0 Å². The summed E-state index contributed by atoms with van der Waals surface area (Å²) in [7, 11) is 0. The number of nitrogen functional groups attached to an aromatic ring is 1. The number of anilines is 1. The molecule has 0 saturated heterocycles. The lowest BCUT2D eigenvalue weighted by Gasteiger charge is -2.13. The van der Waals surface area contributed by atoms with Gasteiger partial charge in [0.25, 0.3) is 5.56 Å². The monoisotopic (exact) mass is 276 g/mol. The Balaban J connectivity index is 2.29. The summed E-state index contributed by atoms with van der Waals surface area (Å²) in [6, 6.07) is 13.2. The molecule has 5 heteroatoms. The highest BCUT2D eigenvalue weighted by Crippen LogP contribution is 2.20. The minimum Gasteiger partial charge on any atom is -0.384 e. The Kier molecular flexibility index (Phi) is 3.13. The van der Waals surface area contributed by atoms with Crippen molar-refractivity contribution in [1.29, 1.82) is 5.26 Å². The molecule has 0 amide bonds. The van der Waals surface area contributed by atoms with E-state index in [0.717, 1.165) is 5.56 Å². The average molecular weight is 276 g/mol. The van der Waals surface area contributed by atoms with Crippen LogP contribution in [0.3, 0.4) is 0 Å². The van der Waals surface area contributed by atoms with E-state index >= 15 is 0 Å². The van der Waals surface area contributed by atoms with Crippen LogP contribution in [0, 0.1) is 11.3 Å². The van der Waals surface area contributed by atoms with Crippen molar-refractivity contribution in [3.05, 3.63) is 70.3 Å². The Labute approximate surface area is 120 Å². The molecule has 3 aromatic rings. The van der Waals surface area contributed by atoms with E-state index in [1.54, 1.807) is 12.3 Å². The van der Waals surface area contributed by atoms with Gasteiger partial charge < -0.3 is 5.73 Å². The third kappa shape index (κ3) is 2.13. The Morgan fingerprint density at radius 2 is 1.95 bits per heavy atom. The third-order valence-corrected chi connectivity index (χ3v) is 3.41. The molecule has 3 rings (SSSR count). The zero-order chi connectivity index (χ0) is 14.8. The fourth-order valence-corrected chi connectivity index (χ4v) is 2.35. The van der Waals surface area contributed by atoms with E-state index in [2.05, 4.69) is 11.1 Å². The average Bonchev–Trinajstić information content (AvgIpc) is 2.53. The van der Waals surface area contributed by atoms with Crippen LogP contribution in [0.15, 0.2) is 53.6 Å². The summed E-state index contributed by atoms with van der Waals surface area (Å²) in [6.45, 7) is 0.324. The summed E-state index contributed by atoms with van der Waals surface area (Å²) in [5.74, 6) is 0.185. The fraction of sp³-hybridized carbons (Fsp3) is 0.0625. The number of nitrogens with two attached hydrogens (primary N) is 1. The molecule has 1 aromatic carbocycles. The van der Waals surface area contributed by atoms with E-state index < -0.39 is 0 Å². The van der Waals surface area contributed by atoms with Crippen molar-refractivity contribution in [3.63, 3.8) is 0 Å². The molecule has 0 aliphatic carbocycles. The minimum absolute atomic E-state index is 0.185. The largest absolute Gasteiger partial charge is 0.384 e. The second-order valence-corrected chi connectivity index (χ2v) is 4.67. The number of benzene rings is 1. The number of rotatable bonds is 2. The van der Waals surface area contributed by atoms with Crippen LogP contribution in [0.4, 0.5) is 5.82 Å². The van der Waals surface area contributed by atoms with Gasteiger partial charge in [-0.05, 0) is 11.6 Å². The van der Waals surface area contributed by atoms with Crippen LogP contribution in [-0.4, -0.2) is 9.55 Å². The molecular weight excluding hydrogens is 264 g/mol. The Bertz CT molecular complexity index is 907. The van der Waals surface area contributed by atoms with E-state index in [9.17, 15) is 10.1 Å². The zero-order valence-corrected chi connectivity index (χ0v) is 11.2. The van der Waals surface area contributed by atoms with Crippen LogP contribution < -0.4 is 11.3 Å². The number of fused-ring (bicyclic) bond motifs is 1. The molecule has 0 atom stereocenters. The number of aromatic nitrogens is 2. The van der Waals surface area contributed by atoms with Crippen molar-refractivity contribution < 1.29 is 0 Å². The van der Waals surface area contributed by atoms with Gasteiger partial charge in [0, 0.05) is 17.8 Å². The van der Waals surface area contributed by atoms with Crippen molar-refractivity contribution in [1.82, 2.24) is 9.55 Å². The molecule has 0 spiro atoms. The highest BCUT2D eigenvalue weighted by Gasteiger charge is 2.14. The van der Waals surface area contributed by atoms with Gasteiger partial charge in [-0.3, -0.25) is 14.3 Å². The standard InChI is InChI=1S/C16H12N4O/c17-8-13-12-6-7-19-9-14(12)16(21)20(15(13)18)10-11-4-2-1-3-5-11/h1-7,9H,10,18H2. The third-order valence-electron chi connectivity index (χ3n) is 3.41. The van der Waals surface area contributed by atoms with Crippen molar-refractivity contribution in [2.24, 2.45) is 0 Å². The number of nitrogens with zero attached hydrogens (tertiary/aromatic N) is 3. The molecule has 5 nitrogen and oxygen atoms in total. The Morgan fingerprint density at radius 3 is 2.67 bits per heavy atom. The molecule has 2 heterocycles. The zero-order valence-electron chi connectivity index (χ0n) is 11.2. The molecular formula is C16H12N4O. The van der Waals surface area contributed by atoms with Gasteiger partial charge in [-0.1, -0.05) is 30.3 Å². The summed E-state index contributed by atoms with van der Waals surface area (Å²) in [5.41, 5.74) is 7.04. The van der Waals surface area contributed by atoms with Crippen LogP contribution >= 0.6 is 0 Å². The lowest BCUT2D eigenvalue weighted by atomic mass is 10.1. The minimum atomic E-state index is -0.238. The van der Waals surface area contributed by atoms with Crippen molar-refractivity contribution in [2.45, 2.75) is 6.54 Å². The van der Waals surface area contributed by atoms with Gasteiger partial charge in [0.2, 0.25) is 0 Å². The first-order valence-corrected chi connectivity index (χ1v) is 6.42. The summed E-state index contributed by atoms with van der Waals surface area (Å²) in [6.07, 6.45) is 3.02. The molecule has 0 unspecified atom stereocenters. The highest BCUT2D eigenvalue weighted by atomic mass is 16.1. The quantitative estimate of drug-likeness (QED) is 0.774. The number of pyridine rings is 2. The maximum Gasteiger partial charge on any atom is 0.261 e. The number of hydrogen-bond donors (Lipinski definition) is 1. The summed E-state index contributed by atoms with van der Waals surface area (Å²) < 4.78 is 1.41. The second-order valence-electron chi connectivity index (χ2n) is 4.67. The Morgan fingerprint density at radius 1 is 1.19 bits per heavy atom. The van der Waals surface area contributed by atoms with Crippen molar-refractivity contribution in [3.8, 4) is 6.07 Å². The molecule has 2 N–H and O–H groups in total. The van der Waals surface area contributed by atoms with Gasteiger partial charge in [0.15, 0.2) is 0 Å². The van der Waals surface area contributed by atoms with Crippen LogP contribution in [0.5, 0.6) is 0 Å². The van der Waals surface area contributed by atoms with Crippen LogP contribution in [0.1, 0.15) is 11.1 Å². The highest BCUT2D eigenvalue weighted by molar-refractivity contribution is 5.89. The molecule has 21 heavy (non-hydrogen) atoms. The Hall–Kier alpha value is -3.13. The molecule has 0 saturated carbocycles.